The number of fused-ring (bicyclic) bond motifs is 5. The van der Waals surface area contributed by atoms with Gasteiger partial charge in [-0.15, -0.1) is 0 Å². The van der Waals surface area contributed by atoms with Gasteiger partial charge in [-0.05, 0) is 56.6 Å². The molecule has 2 aliphatic rings. The summed E-state index contributed by atoms with van der Waals surface area (Å²) in [6.07, 6.45) is 4.46. The van der Waals surface area contributed by atoms with Crippen molar-refractivity contribution in [2.75, 3.05) is 49.6 Å². The SMILES string of the molecule is CCCCN(C)CCN1CCN2c3cc(C=O)ccc3C(C(C)CC)C2(C)c2ccc(C#N)cc21. The molecule has 5 nitrogen and oxygen atoms in total. The molecule has 3 unspecified atom stereocenters. The topological polar surface area (TPSA) is 50.6 Å². The van der Waals surface area contributed by atoms with E-state index < -0.39 is 0 Å². The maximum absolute atomic E-state index is 11.7. The average molecular weight is 473 g/mol. The number of benzene rings is 2. The fourth-order valence-electron chi connectivity index (χ4n) is 6.31. The van der Waals surface area contributed by atoms with Crippen molar-refractivity contribution in [3.63, 3.8) is 0 Å². The van der Waals surface area contributed by atoms with Crippen LogP contribution in [0.3, 0.4) is 0 Å². The minimum absolute atomic E-state index is 0.245. The van der Waals surface area contributed by atoms with Gasteiger partial charge in [-0.3, -0.25) is 4.79 Å². The zero-order valence-electron chi connectivity index (χ0n) is 22.1. The van der Waals surface area contributed by atoms with Crippen molar-refractivity contribution in [1.82, 2.24) is 4.90 Å². The number of hydrogen-bond acceptors (Lipinski definition) is 5. The van der Waals surface area contributed by atoms with Crippen molar-refractivity contribution in [1.29, 1.82) is 5.26 Å². The monoisotopic (exact) mass is 472 g/mol. The van der Waals surface area contributed by atoms with Crippen LogP contribution in [0.5, 0.6) is 0 Å². The molecule has 0 saturated heterocycles. The summed E-state index contributed by atoms with van der Waals surface area (Å²) in [5.41, 5.74) is 6.22. The van der Waals surface area contributed by atoms with Gasteiger partial charge in [-0.1, -0.05) is 51.8 Å². The first kappa shape index (κ1) is 25.3. The molecule has 4 rings (SSSR count). The van der Waals surface area contributed by atoms with Gasteiger partial charge in [0.25, 0.3) is 0 Å². The Bertz CT molecular complexity index is 1110. The molecule has 0 radical (unpaired) electrons. The molecular formula is C30H40N4O. The lowest BCUT2D eigenvalue weighted by molar-refractivity contribution is 0.112. The highest BCUT2D eigenvalue weighted by atomic mass is 16.1. The number of nitrogens with zero attached hydrogens (tertiary/aromatic N) is 4. The molecule has 0 spiro atoms. The first-order valence-corrected chi connectivity index (χ1v) is 13.2. The van der Waals surface area contributed by atoms with Crippen molar-refractivity contribution in [2.45, 2.75) is 58.4 Å². The number of anilines is 2. The van der Waals surface area contributed by atoms with Crippen LogP contribution in [0.15, 0.2) is 36.4 Å². The smallest absolute Gasteiger partial charge is 0.150 e. The molecule has 2 aromatic rings. The summed E-state index contributed by atoms with van der Waals surface area (Å²) >= 11 is 0. The lowest BCUT2D eigenvalue weighted by Crippen LogP contribution is -2.45. The number of nitriles is 1. The second-order valence-corrected chi connectivity index (χ2v) is 10.6. The van der Waals surface area contributed by atoms with Crippen LogP contribution >= 0.6 is 0 Å². The second-order valence-electron chi connectivity index (χ2n) is 10.6. The Morgan fingerprint density at radius 2 is 1.97 bits per heavy atom. The van der Waals surface area contributed by atoms with Crippen molar-refractivity contribution >= 4 is 17.7 Å². The molecular weight excluding hydrogens is 432 g/mol. The summed E-state index contributed by atoms with van der Waals surface area (Å²) in [6, 6.07) is 14.9. The summed E-state index contributed by atoms with van der Waals surface area (Å²) < 4.78 is 0. The lowest BCUT2D eigenvalue weighted by atomic mass is 9.70. The predicted molar refractivity (Wildman–Crippen MR) is 144 cm³/mol. The lowest BCUT2D eigenvalue weighted by Gasteiger charge is -2.43. The minimum atomic E-state index is -0.245. The van der Waals surface area contributed by atoms with E-state index in [4.69, 9.17) is 0 Å². The van der Waals surface area contributed by atoms with E-state index in [0.717, 1.165) is 51.0 Å². The maximum Gasteiger partial charge on any atom is 0.150 e. The van der Waals surface area contributed by atoms with Gasteiger partial charge < -0.3 is 14.7 Å². The van der Waals surface area contributed by atoms with Crippen molar-refractivity contribution in [3.8, 4) is 6.07 Å². The van der Waals surface area contributed by atoms with Gasteiger partial charge in [-0.25, -0.2) is 0 Å². The summed E-state index contributed by atoms with van der Waals surface area (Å²) in [5.74, 6) is 0.781. The molecule has 0 saturated carbocycles. The Morgan fingerprint density at radius 1 is 1.17 bits per heavy atom. The van der Waals surface area contributed by atoms with Gasteiger partial charge in [0.1, 0.15) is 6.29 Å². The summed E-state index contributed by atoms with van der Waals surface area (Å²) in [5, 5.41) is 9.72. The molecule has 0 N–H and O–H groups in total. The van der Waals surface area contributed by atoms with Crippen LogP contribution in [-0.4, -0.2) is 51.0 Å². The van der Waals surface area contributed by atoms with Gasteiger partial charge >= 0.3 is 0 Å². The third kappa shape index (κ3) is 4.45. The summed E-state index contributed by atoms with van der Waals surface area (Å²) in [7, 11) is 2.20. The standard InChI is InChI=1S/C30H40N4O/c1-6-8-13-32(5)14-15-33-16-17-34-27-19-24(21-35)9-11-25(27)29(22(3)7-2)30(34,4)26-12-10-23(20-31)18-28(26)33/h9-12,18-19,21-22,29H,6-8,13-17H2,1-5H3. The summed E-state index contributed by atoms with van der Waals surface area (Å²) in [6.45, 7) is 14.0. The fraction of sp³-hybridized carbons (Fsp3) is 0.533. The molecule has 0 fully saturated rings. The van der Waals surface area contributed by atoms with Crippen LogP contribution in [-0.2, 0) is 5.54 Å². The van der Waals surface area contributed by atoms with Crippen LogP contribution in [0.2, 0.25) is 0 Å². The Kier molecular flexibility index (Phi) is 7.52. The highest BCUT2D eigenvalue weighted by molar-refractivity contribution is 5.81. The molecule has 2 heterocycles. The molecule has 0 bridgehead atoms. The molecule has 2 aliphatic heterocycles. The van der Waals surface area contributed by atoms with E-state index in [0.29, 0.717) is 17.4 Å². The van der Waals surface area contributed by atoms with Crippen LogP contribution < -0.4 is 9.80 Å². The van der Waals surface area contributed by atoms with E-state index in [2.05, 4.69) is 79.8 Å². The van der Waals surface area contributed by atoms with E-state index in [1.165, 1.54) is 35.3 Å². The molecule has 35 heavy (non-hydrogen) atoms. The molecule has 0 aliphatic carbocycles. The third-order valence-corrected chi connectivity index (χ3v) is 8.45. The van der Waals surface area contributed by atoms with Gasteiger partial charge in [0, 0.05) is 54.6 Å². The predicted octanol–water partition coefficient (Wildman–Crippen LogP) is 5.79. The van der Waals surface area contributed by atoms with E-state index in [-0.39, 0.29) is 5.54 Å². The van der Waals surface area contributed by atoms with Crippen LogP contribution in [0.4, 0.5) is 11.4 Å². The number of likely N-dealkylation sites (N-methyl/N-ethyl adjacent to an activating group) is 1. The third-order valence-electron chi connectivity index (χ3n) is 8.45. The maximum atomic E-state index is 11.7. The Hall–Kier alpha value is -2.84. The quantitative estimate of drug-likeness (QED) is 0.433. The Balaban J connectivity index is 1.82. The van der Waals surface area contributed by atoms with Crippen LogP contribution in [0.25, 0.3) is 0 Å². The van der Waals surface area contributed by atoms with E-state index >= 15 is 0 Å². The van der Waals surface area contributed by atoms with Crippen LogP contribution in [0, 0.1) is 17.2 Å². The van der Waals surface area contributed by atoms with Crippen molar-refractivity contribution in [3.05, 3.63) is 58.7 Å². The van der Waals surface area contributed by atoms with Gasteiger partial charge in [0.05, 0.1) is 17.2 Å². The highest BCUT2D eigenvalue weighted by Gasteiger charge is 2.53. The number of carbonyl (C=O) groups excluding carboxylic acids is 1. The van der Waals surface area contributed by atoms with E-state index in [1.807, 2.05) is 12.1 Å². The van der Waals surface area contributed by atoms with Crippen LogP contribution in [0.1, 0.15) is 79.9 Å². The zero-order valence-corrected chi connectivity index (χ0v) is 22.1. The number of hydrogen-bond donors (Lipinski definition) is 0. The first-order valence-electron chi connectivity index (χ1n) is 13.2. The number of rotatable bonds is 9. The summed E-state index contributed by atoms with van der Waals surface area (Å²) in [4.78, 5) is 19.1. The fourth-order valence-corrected chi connectivity index (χ4v) is 6.31. The minimum Gasteiger partial charge on any atom is -0.368 e. The molecule has 0 aromatic heterocycles. The normalized spacial score (nSPS) is 21.7. The highest BCUT2D eigenvalue weighted by Crippen LogP contribution is 2.59. The molecule has 3 atom stereocenters. The molecule has 0 amide bonds. The molecule has 2 aromatic carbocycles. The molecule has 186 valence electrons. The Morgan fingerprint density at radius 3 is 2.66 bits per heavy atom. The van der Waals surface area contributed by atoms with E-state index in [9.17, 15) is 10.1 Å². The Labute approximate surface area is 211 Å². The van der Waals surface area contributed by atoms with Gasteiger partial charge in [0.2, 0.25) is 0 Å². The average Bonchev–Trinajstić information content (AvgIpc) is 3.06. The van der Waals surface area contributed by atoms with E-state index in [1.54, 1.807) is 0 Å². The second kappa shape index (κ2) is 10.4. The number of unbranched alkanes of at least 4 members (excludes halogenated alkanes) is 1. The first-order chi connectivity index (χ1) is 16.9. The molecule has 5 heteroatoms. The zero-order chi connectivity index (χ0) is 25.2. The number of aldehydes is 1. The van der Waals surface area contributed by atoms with Gasteiger partial charge in [-0.2, -0.15) is 5.26 Å². The van der Waals surface area contributed by atoms with Crippen molar-refractivity contribution < 1.29 is 4.79 Å². The number of carbonyl (C=O) groups is 1. The van der Waals surface area contributed by atoms with Crippen molar-refractivity contribution in [2.24, 2.45) is 5.92 Å². The largest absolute Gasteiger partial charge is 0.368 e. The van der Waals surface area contributed by atoms with Gasteiger partial charge in [0.15, 0.2) is 0 Å².